The second-order valence-corrected chi connectivity index (χ2v) is 5.55. The van der Waals surface area contributed by atoms with Crippen molar-refractivity contribution in [2.75, 3.05) is 7.11 Å². The molecule has 1 heterocycles. The minimum atomic E-state index is -0.510. The van der Waals surface area contributed by atoms with Crippen LogP contribution in [0.25, 0.3) is 0 Å². The molecule has 2 aromatic rings. The van der Waals surface area contributed by atoms with Gasteiger partial charge in [0.1, 0.15) is 17.6 Å². The fraction of sp³-hybridized carbons (Fsp3) is 0.333. The molecule has 1 aliphatic rings. The standard InChI is InChI=1S/C18H20O3/c1-11-5-4-6-14(12(11)2)18-10-16(19)15-8-7-13(20-3)9-17(15)21-18/h4-9,16,18-19H,10H2,1-3H3. The van der Waals surface area contributed by atoms with Crippen LogP contribution in [0.15, 0.2) is 36.4 Å². The Bertz CT molecular complexity index is 664. The molecule has 0 bridgehead atoms. The maximum Gasteiger partial charge on any atom is 0.129 e. The maximum absolute atomic E-state index is 10.4. The maximum atomic E-state index is 10.4. The van der Waals surface area contributed by atoms with E-state index in [9.17, 15) is 5.11 Å². The van der Waals surface area contributed by atoms with E-state index in [0.29, 0.717) is 12.2 Å². The Hall–Kier alpha value is -2.00. The summed E-state index contributed by atoms with van der Waals surface area (Å²) in [4.78, 5) is 0. The van der Waals surface area contributed by atoms with Gasteiger partial charge in [0.15, 0.2) is 0 Å². The topological polar surface area (TPSA) is 38.7 Å². The Morgan fingerprint density at radius 3 is 2.71 bits per heavy atom. The van der Waals surface area contributed by atoms with E-state index in [1.807, 2.05) is 24.3 Å². The molecule has 1 aliphatic heterocycles. The van der Waals surface area contributed by atoms with E-state index < -0.39 is 6.10 Å². The highest BCUT2D eigenvalue weighted by molar-refractivity contribution is 5.45. The van der Waals surface area contributed by atoms with Crippen molar-refractivity contribution in [3.05, 3.63) is 58.7 Å². The molecule has 3 heteroatoms. The predicted octanol–water partition coefficient (Wildman–Crippen LogP) is 3.87. The van der Waals surface area contributed by atoms with Crippen LogP contribution in [0.2, 0.25) is 0 Å². The molecule has 3 nitrogen and oxygen atoms in total. The molecule has 2 atom stereocenters. The molecular formula is C18H20O3. The zero-order chi connectivity index (χ0) is 15.0. The summed E-state index contributed by atoms with van der Waals surface area (Å²) in [5.74, 6) is 1.45. The number of rotatable bonds is 2. The van der Waals surface area contributed by atoms with Crippen LogP contribution >= 0.6 is 0 Å². The summed E-state index contributed by atoms with van der Waals surface area (Å²) in [5, 5.41) is 10.4. The van der Waals surface area contributed by atoms with Crippen molar-refractivity contribution < 1.29 is 14.6 Å². The molecule has 21 heavy (non-hydrogen) atoms. The number of fused-ring (bicyclic) bond motifs is 1. The zero-order valence-electron chi connectivity index (χ0n) is 12.6. The number of benzene rings is 2. The lowest BCUT2D eigenvalue weighted by Crippen LogP contribution is -2.20. The van der Waals surface area contributed by atoms with Gasteiger partial charge in [-0.1, -0.05) is 18.2 Å². The molecule has 0 amide bonds. The Labute approximate surface area is 125 Å². The molecule has 0 saturated carbocycles. The summed E-state index contributed by atoms with van der Waals surface area (Å²) in [6.07, 6.45) is -0.0621. The molecular weight excluding hydrogens is 264 g/mol. The van der Waals surface area contributed by atoms with E-state index in [1.54, 1.807) is 7.11 Å². The summed E-state index contributed by atoms with van der Waals surface area (Å²) in [6, 6.07) is 11.8. The van der Waals surface area contributed by atoms with Crippen molar-refractivity contribution in [3.8, 4) is 11.5 Å². The van der Waals surface area contributed by atoms with Gasteiger partial charge in [0.05, 0.1) is 13.2 Å². The van der Waals surface area contributed by atoms with E-state index in [4.69, 9.17) is 9.47 Å². The normalized spacial score (nSPS) is 20.6. The average molecular weight is 284 g/mol. The molecule has 3 rings (SSSR count). The summed E-state index contributed by atoms with van der Waals surface area (Å²) < 4.78 is 11.4. The van der Waals surface area contributed by atoms with Crippen molar-refractivity contribution in [2.45, 2.75) is 32.5 Å². The van der Waals surface area contributed by atoms with Gasteiger partial charge in [-0.25, -0.2) is 0 Å². The molecule has 110 valence electrons. The number of ether oxygens (including phenoxy) is 2. The summed E-state index contributed by atoms with van der Waals surface area (Å²) in [6.45, 7) is 4.19. The minimum Gasteiger partial charge on any atom is -0.497 e. The molecule has 0 fully saturated rings. The lowest BCUT2D eigenvalue weighted by atomic mass is 9.91. The third-order valence-corrected chi connectivity index (χ3v) is 4.28. The number of methoxy groups -OCH3 is 1. The first-order valence-corrected chi connectivity index (χ1v) is 7.19. The van der Waals surface area contributed by atoms with E-state index in [1.165, 1.54) is 11.1 Å². The van der Waals surface area contributed by atoms with E-state index in [2.05, 4.69) is 26.0 Å². The van der Waals surface area contributed by atoms with Crippen LogP contribution in [0.3, 0.4) is 0 Å². The molecule has 1 N–H and O–H groups in total. The van der Waals surface area contributed by atoms with Crippen LogP contribution in [-0.4, -0.2) is 12.2 Å². The second kappa shape index (κ2) is 5.41. The Balaban J connectivity index is 1.99. The lowest BCUT2D eigenvalue weighted by molar-refractivity contribution is 0.0652. The van der Waals surface area contributed by atoms with E-state index in [0.717, 1.165) is 16.9 Å². The highest BCUT2D eigenvalue weighted by Gasteiger charge is 2.29. The third-order valence-electron chi connectivity index (χ3n) is 4.28. The van der Waals surface area contributed by atoms with E-state index >= 15 is 0 Å². The quantitative estimate of drug-likeness (QED) is 0.910. The molecule has 0 radical (unpaired) electrons. The fourth-order valence-corrected chi connectivity index (χ4v) is 2.86. The zero-order valence-corrected chi connectivity index (χ0v) is 12.6. The van der Waals surface area contributed by atoms with Gasteiger partial charge in [0, 0.05) is 18.1 Å². The number of hydrogen-bond acceptors (Lipinski definition) is 3. The first-order chi connectivity index (χ1) is 10.1. The van der Waals surface area contributed by atoms with Crippen molar-refractivity contribution in [1.29, 1.82) is 0 Å². The first kappa shape index (κ1) is 14.0. The van der Waals surface area contributed by atoms with Gasteiger partial charge < -0.3 is 14.6 Å². The van der Waals surface area contributed by atoms with Crippen LogP contribution in [0.1, 0.15) is 40.9 Å². The van der Waals surface area contributed by atoms with Gasteiger partial charge in [-0.2, -0.15) is 0 Å². The highest BCUT2D eigenvalue weighted by atomic mass is 16.5. The summed E-state index contributed by atoms with van der Waals surface area (Å²) in [5.41, 5.74) is 4.43. The van der Waals surface area contributed by atoms with Crippen molar-refractivity contribution in [1.82, 2.24) is 0 Å². The van der Waals surface area contributed by atoms with Crippen LogP contribution in [0.5, 0.6) is 11.5 Å². The Morgan fingerprint density at radius 1 is 1.14 bits per heavy atom. The van der Waals surface area contributed by atoms with Gasteiger partial charge in [0.2, 0.25) is 0 Å². The van der Waals surface area contributed by atoms with Crippen LogP contribution in [0, 0.1) is 13.8 Å². The number of aliphatic hydroxyl groups excluding tert-OH is 1. The summed E-state index contributed by atoms with van der Waals surface area (Å²) >= 11 is 0. The molecule has 0 spiro atoms. The Kier molecular flexibility index (Phi) is 3.60. The van der Waals surface area contributed by atoms with Crippen molar-refractivity contribution in [2.24, 2.45) is 0 Å². The number of aliphatic hydroxyl groups is 1. The van der Waals surface area contributed by atoms with Crippen LogP contribution < -0.4 is 9.47 Å². The van der Waals surface area contributed by atoms with Crippen molar-refractivity contribution in [3.63, 3.8) is 0 Å². The monoisotopic (exact) mass is 284 g/mol. The highest BCUT2D eigenvalue weighted by Crippen LogP contribution is 2.43. The third kappa shape index (κ3) is 2.49. The van der Waals surface area contributed by atoms with Gasteiger partial charge in [-0.05, 0) is 42.7 Å². The lowest BCUT2D eigenvalue weighted by Gasteiger charge is -2.31. The molecule has 2 aromatic carbocycles. The second-order valence-electron chi connectivity index (χ2n) is 5.55. The minimum absolute atomic E-state index is 0.125. The summed E-state index contributed by atoms with van der Waals surface area (Å²) in [7, 11) is 1.63. The molecule has 0 aliphatic carbocycles. The predicted molar refractivity (Wildman–Crippen MR) is 81.9 cm³/mol. The van der Waals surface area contributed by atoms with E-state index in [-0.39, 0.29) is 6.10 Å². The van der Waals surface area contributed by atoms with Crippen molar-refractivity contribution >= 4 is 0 Å². The smallest absolute Gasteiger partial charge is 0.129 e. The largest absolute Gasteiger partial charge is 0.497 e. The van der Waals surface area contributed by atoms with Gasteiger partial charge in [-0.3, -0.25) is 0 Å². The average Bonchev–Trinajstić information content (AvgIpc) is 2.49. The molecule has 0 saturated heterocycles. The van der Waals surface area contributed by atoms with Crippen LogP contribution in [-0.2, 0) is 0 Å². The number of aryl methyl sites for hydroxylation is 1. The van der Waals surface area contributed by atoms with Gasteiger partial charge in [-0.15, -0.1) is 0 Å². The van der Waals surface area contributed by atoms with Crippen LogP contribution in [0.4, 0.5) is 0 Å². The molecule has 2 unspecified atom stereocenters. The first-order valence-electron chi connectivity index (χ1n) is 7.19. The van der Waals surface area contributed by atoms with Gasteiger partial charge in [0.25, 0.3) is 0 Å². The molecule has 0 aromatic heterocycles. The fourth-order valence-electron chi connectivity index (χ4n) is 2.86. The SMILES string of the molecule is COc1ccc2c(c1)OC(c1cccc(C)c1C)CC2O. The number of hydrogen-bond donors (Lipinski definition) is 1. The van der Waals surface area contributed by atoms with Gasteiger partial charge >= 0.3 is 0 Å². The Morgan fingerprint density at radius 2 is 1.95 bits per heavy atom.